The van der Waals surface area contributed by atoms with Gasteiger partial charge in [-0.3, -0.25) is 9.59 Å². The van der Waals surface area contributed by atoms with E-state index in [1.54, 1.807) is 4.90 Å². The van der Waals surface area contributed by atoms with Gasteiger partial charge >= 0.3 is 0 Å². The van der Waals surface area contributed by atoms with E-state index in [1.165, 1.54) is 0 Å². The van der Waals surface area contributed by atoms with Crippen molar-refractivity contribution in [1.29, 1.82) is 0 Å². The Morgan fingerprint density at radius 2 is 2.00 bits per heavy atom. The molecule has 1 saturated heterocycles. The van der Waals surface area contributed by atoms with E-state index in [0.29, 0.717) is 13.0 Å². The van der Waals surface area contributed by atoms with Crippen molar-refractivity contribution in [2.45, 2.75) is 26.3 Å². The summed E-state index contributed by atoms with van der Waals surface area (Å²) in [5.41, 5.74) is 0.863. The van der Waals surface area contributed by atoms with Gasteiger partial charge in [0, 0.05) is 18.3 Å². The predicted molar refractivity (Wildman–Crippen MR) is 70.2 cm³/mol. The lowest BCUT2D eigenvalue weighted by Crippen LogP contribution is -2.39. The zero-order valence-electron chi connectivity index (χ0n) is 10.7. The van der Waals surface area contributed by atoms with E-state index in [-0.39, 0.29) is 17.9 Å². The molecule has 1 atom stereocenters. The molecule has 0 aromatic heterocycles. The lowest BCUT2D eigenvalue weighted by Gasteiger charge is -2.17. The molecule has 4 nitrogen and oxygen atoms in total. The molecule has 0 saturated carbocycles. The number of carbonyl (C=O) groups excluding carboxylic acids is 2. The zero-order valence-corrected chi connectivity index (χ0v) is 10.7. The minimum atomic E-state index is -0.535. The summed E-state index contributed by atoms with van der Waals surface area (Å²) in [4.78, 5) is 25.8. The van der Waals surface area contributed by atoms with Crippen molar-refractivity contribution in [2.24, 2.45) is 5.92 Å². The van der Waals surface area contributed by atoms with Crippen LogP contribution in [0.4, 0.5) is 5.69 Å². The summed E-state index contributed by atoms with van der Waals surface area (Å²) < 4.78 is 0. The summed E-state index contributed by atoms with van der Waals surface area (Å²) in [6.07, 6.45) is 0.590. The van der Waals surface area contributed by atoms with Crippen molar-refractivity contribution in [3.8, 4) is 0 Å². The van der Waals surface area contributed by atoms with Gasteiger partial charge in [0.05, 0.1) is 0 Å². The van der Waals surface area contributed by atoms with Crippen LogP contribution < -0.4 is 10.2 Å². The highest BCUT2D eigenvalue weighted by Gasteiger charge is 2.37. The molecule has 0 spiro atoms. The van der Waals surface area contributed by atoms with E-state index in [4.69, 9.17) is 0 Å². The van der Waals surface area contributed by atoms with Crippen LogP contribution >= 0.6 is 0 Å². The average Bonchev–Trinajstić information content (AvgIpc) is 2.71. The van der Waals surface area contributed by atoms with Crippen molar-refractivity contribution in [1.82, 2.24) is 5.32 Å². The first-order valence-electron chi connectivity index (χ1n) is 6.26. The standard InChI is InChI=1S/C14H18N2O2/c1-10(2)15-13(17)12-8-9-16(14(12)18)11-6-4-3-5-7-11/h3-7,10,12H,8-9H2,1-2H3,(H,15,17). The second-order valence-electron chi connectivity index (χ2n) is 4.83. The third-order valence-electron chi connectivity index (χ3n) is 3.02. The number of carbonyl (C=O) groups is 2. The van der Waals surface area contributed by atoms with Crippen LogP contribution in [0.1, 0.15) is 20.3 Å². The molecule has 1 aliphatic rings. The topological polar surface area (TPSA) is 49.4 Å². The molecule has 4 heteroatoms. The molecule has 0 radical (unpaired) electrons. The fourth-order valence-corrected chi connectivity index (χ4v) is 2.17. The van der Waals surface area contributed by atoms with E-state index in [9.17, 15) is 9.59 Å². The first kappa shape index (κ1) is 12.6. The van der Waals surface area contributed by atoms with Crippen LogP contribution in [0.15, 0.2) is 30.3 Å². The second kappa shape index (κ2) is 5.21. The summed E-state index contributed by atoms with van der Waals surface area (Å²) in [6, 6.07) is 9.54. The number of hydrogen-bond donors (Lipinski definition) is 1. The largest absolute Gasteiger partial charge is 0.353 e. The molecule has 2 amide bonds. The molecule has 96 valence electrons. The van der Waals surface area contributed by atoms with Crippen molar-refractivity contribution in [3.63, 3.8) is 0 Å². The van der Waals surface area contributed by atoms with Crippen LogP contribution in [0, 0.1) is 5.92 Å². The normalized spacial score (nSPS) is 19.4. The van der Waals surface area contributed by atoms with Crippen molar-refractivity contribution >= 4 is 17.5 Å². The number of nitrogens with zero attached hydrogens (tertiary/aromatic N) is 1. The van der Waals surface area contributed by atoms with Crippen LogP contribution in [0.2, 0.25) is 0 Å². The van der Waals surface area contributed by atoms with Gasteiger partial charge in [-0.05, 0) is 32.4 Å². The Balaban J connectivity index is 2.08. The van der Waals surface area contributed by atoms with Gasteiger partial charge in [0.25, 0.3) is 0 Å². The Bertz CT molecular complexity index is 442. The smallest absolute Gasteiger partial charge is 0.239 e. The van der Waals surface area contributed by atoms with E-state index in [2.05, 4.69) is 5.32 Å². The second-order valence-corrected chi connectivity index (χ2v) is 4.83. The van der Waals surface area contributed by atoms with Gasteiger partial charge in [-0.2, -0.15) is 0 Å². The maximum absolute atomic E-state index is 12.2. The van der Waals surface area contributed by atoms with E-state index in [0.717, 1.165) is 5.69 Å². The SMILES string of the molecule is CC(C)NC(=O)C1CCN(c2ccccc2)C1=O. The fraction of sp³-hybridized carbons (Fsp3) is 0.429. The number of hydrogen-bond acceptors (Lipinski definition) is 2. The molecule has 1 aromatic carbocycles. The third-order valence-corrected chi connectivity index (χ3v) is 3.02. The van der Waals surface area contributed by atoms with E-state index < -0.39 is 5.92 Å². The average molecular weight is 246 g/mol. The quantitative estimate of drug-likeness (QED) is 0.823. The van der Waals surface area contributed by atoms with Crippen LogP contribution in [0.5, 0.6) is 0 Å². The summed E-state index contributed by atoms with van der Waals surface area (Å²) in [6.45, 7) is 4.40. The number of para-hydroxylation sites is 1. The molecule has 1 fully saturated rings. The molecule has 0 bridgehead atoms. The number of amides is 2. The first-order valence-corrected chi connectivity index (χ1v) is 6.26. The van der Waals surface area contributed by atoms with Crippen LogP contribution in [-0.2, 0) is 9.59 Å². The molecule has 1 unspecified atom stereocenters. The van der Waals surface area contributed by atoms with Crippen molar-refractivity contribution in [2.75, 3.05) is 11.4 Å². The number of rotatable bonds is 3. The Labute approximate surface area is 107 Å². The summed E-state index contributed by atoms with van der Waals surface area (Å²) in [5, 5.41) is 2.80. The molecule has 18 heavy (non-hydrogen) atoms. The zero-order chi connectivity index (χ0) is 13.1. The number of anilines is 1. The molecular weight excluding hydrogens is 228 g/mol. The van der Waals surface area contributed by atoms with Crippen molar-refractivity contribution in [3.05, 3.63) is 30.3 Å². The summed E-state index contributed by atoms with van der Waals surface area (Å²) in [7, 11) is 0. The Morgan fingerprint density at radius 1 is 1.33 bits per heavy atom. The highest BCUT2D eigenvalue weighted by atomic mass is 16.2. The van der Waals surface area contributed by atoms with Crippen LogP contribution in [-0.4, -0.2) is 24.4 Å². The van der Waals surface area contributed by atoms with Gasteiger partial charge < -0.3 is 10.2 Å². The van der Waals surface area contributed by atoms with Gasteiger partial charge in [-0.25, -0.2) is 0 Å². The fourth-order valence-electron chi connectivity index (χ4n) is 2.17. The molecule has 2 rings (SSSR count). The van der Waals surface area contributed by atoms with Crippen LogP contribution in [0.3, 0.4) is 0 Å². The van der Waals surface area contributed by atoms with Gasteiger partial charge in [-0.1, -0.05) is 18.2 Å². The molecule has 1 N–H and O–H groups in total. The van der Waals surface area contributed by atoms with Gasteiger partial charge in [-0.15, -0.1) is 0 Å². The Kier molecular flexibility index (Phi) is 3.65. The predicted octanol–water partition coefficient (Wildman–Crippen LogP) is 1.56. The van der Waals surface area contributed by atoms with E-state index in [1.807, 2.05) is 44.2 Å². The van der Waals surface area contributed by atoms with Gasteiger partial charge in [0.1, 0.15) is 5.92 Å². The summed E-state index contributed by atoms with van der Waals surface area (Å²) >= 11 is 0. The van der Waals surface area contributed by atoms with Gasteiger partial charge in [0.2, 0.25) is 11.8 Å². The molecule has 1 aromatic rings. The molecule has 1 heterocycles. The Hall–Kier alpha value is -1.84. The van der Waals surface area contributed by atoms with E-state index >= 15 is 0 Å². The minimum absolute atomic E-state index is 0.0658. The number of benzene rings is 1. The Morgan fingerprint density at radius 3 is 2.61 bits per heavy atom. The van der Waals surface area contributed by atoms with Crippen LogP contribution in [0.25, 0.3) is 0 Å². The maximum Gasteiger partial charge on any atom is 0.239 e. The van der Waals surface area contributed by atoms with Crippen molar-refractivity contribution < 1.29 is 9.59 Å². The summed E-state index contributed by atoms with van der Waals surface area (Å²) in [5.74, 6) is -0.791. The molecular formula is C14H18N2O2. The maximum atomic E-state index is 12.2. The lowest BCUT2D eigenvalue weighted by molar-refractivity contribution is -0.132. The monoisotopic (exact) mass is 246 g/mol. The number of nitrogens with one attached hydrogen (secondary N) is 1. The lowest BCUT2D eigenvalue weighted by atomic mass is 10.1. The minimum Gasteiger partial charge on any atom is -0.353 e. The third kappa shape index (κ3) is 2.53. The first-order chi connectivity index (χ1) is 8.59. The highest BCUT2D eigenvalue weighted by molar-refractivity contribution is 6.09. The highest BCUT2D eigenvalue weighted by Crippen LogP contribution is 2.25. The molecule has 1 aliphatic heterocycles. The van der Waals surface area contributed by atoms with Gasteiger partial charge in [0.15, 0.2) is 0 Å². The molecule has 0 aliphatic carbocycles.